The van der Waals surface area contributed by atoms with E-state index in [9.17, 15) is 4.79 Å². The summed E-state index contributed by atoms with van der Waals surface area (Å²) >= 11 is 3.36. The number of rotatable bonds is 6. The molecule has 1 rings (SSSR count). The largest absolute Gasteiger partial charge is 0.460 e. The van der Waals surface area contributed by atoms with Gasteiger partial charge in [-0.05, 0) is 48.4 Å². The molecule has 0 aliphatic heterocycles. The van der Waals surface area contributed by atoms with Gasteiger partial charge in [0.05, 0.1) is 0 Å². The molecular formula is C17H23BrO2. The lowest BCUT2D eigenvalue weighted by molar-refractivity contribution is -0.144. The molecule has 0 bridgehead atoms. The van der Waals surface area contributed by atoms with Crippen LogP contribution in [0.15, 0.2) is 24.8 Å². The van der Waals surface area contributed by atoms with E-state index in [1.165, 1.54) is 5.56 Å². The summed E-state index contributed by atoms with van der Waals surface area (Å²) in [5.74, 6) is 0.0219. The fourth-order valence-corrected chi connectivity index (χ4v) is 2.22. The number of carbonyl (C=O) groups excluding carboxylic acids is 1. The summed E-state index contributed by atoms with van der Waals surface area (Å²) in [5.41, 5.74) is 4.65. The number of hydrogen-bond acceptors (Lipinski definition) is 2. The van der Waals surface area contributed by atoms with Crippen molar-refractivity contribution in [3.8, 4) is 0 Å². The number of halogens is 1. The second-order valence-corrected chi connectivity index (χ2v) is 6.44. The fraction of sp³-hybridized carbons (Fsp3) is 0.471. The van der Waals surface area contributed by atoms with Crippen molar-refractivity contribution in [3.05, 3.63) is 47.0 Å². The third-order valence-electron chi connectivity index (χ3n) is 3.31. The van der Waals surface area contributed by atoms with Crippen LogP contribution in [0.25, 0.3) is 0 Å². The van der Waals surface area contributed by atoms with Gasteiger partial charge in [0.15, 0.2) is 0 Å². The van der Waals surface area contributed by atoms with Crippen LogP contribution in [0, 0.1) is 19.8 Å². The first kappa shape index (κ1) is 17.0. The minimum atomic E-state index is -0.247. The van der Waals surface area contributed by atoms with E-state index in [-0.39, 0.29) is 16.7 Å². The highest BCUT2D eigenvalue weighted by Gasteiger charge is 2.20. The number of ether oxygens (including phenoxy) is 1. The van der Waals surface area contributed by atoms with Crippen molar-refractivity contribution in [2.45, 2.75) is 45.5 Å². The van der Waals surface area contributed by atoms with E-state index in [0.29, 0.717) is 6.61 Å². The first-order valence-corrected chi connectivity index (χ1v) is 7.79. The molecule has 0 saturated carbocycles. The molecule has 20 heavy (non-hydrogen) atoms. The van der Waals surface area contributed by atoms with E-state index in [1.807, 2.05) is 19.9 Å². The lowest BCUT2D eigenvalue weighted by Gasteiger charge is -2.16. The van der Waals surface area contributed by atoms with E-state index in [4.69, 9.17) is 4.74 Å². The number of carbonyl (C=O) groups is 1. The zero-order valence-electron chi connectivity index (χ0n) is 12.7. The summed E-state index contributed by atoms with van der Waals surface area (Å²) in [5, 5.41) is 0. The number of alkyl halides is 1. The summed E-state index contributed by atoms with van der Waals surface area (Å²) in [7, 11) is 0. The Morgan fingerprint density at radius 2 is 1.90 bits per heavy atom. The third-order valence-corrected chi connectivity index (χ3v) is 4.74. The quantitative estimate of drug-likeness (QED) is 0.433. The topological polar surface area (TPSA) is 26.3 Å². The highest BCUT2D eigenvalue weighted by molar-refractivity contribution is 9.10. The zero-order valence-corrected chi connectivity index (χ0v) is 14.3. The number of esters is 1. The van der Waals surface area contributed by atoms with Crippen LogP contribution in [0.5, 0.6) is 0 Å². The van der Waals surface area contributed by atoms with Gasteiger partial charge in [-0.1, -0.05) is 48.0 Å². The molecule has 0 aliphatic carbocycles. The van der Waals surface area contributed by atoms with Crippen molar-refractivity contribution in [3.63, 3.8) is 0 Å². The molecule has 0 saturated heterocycles. The van der Waals surface area contributed by atoms with Crippen LogP contribution >= 0.6 is 15.9 Å². The maximum Gasteiger partial charge on any atom is 0.320 e. The van der Waals surface area contributed by atoms with E-state index in [2.05, 4.69) is 48.5 Å². The van der Waals surface area contributed by atoms with Crippen LogP contribution in [-0.4, -0.2) is 10.8 Å². The Bertz CT molecular complexity index is 469. The summed E-state index contributed by atoms with van der Waals surface area (Å²) in [6, 6.07) is 4.26. The summed E-state index contributed by atoms with van der Waals surface area (Å²) in [6.45, 7) is 12.2. The van der Waals surface area contributed by atoms with Gasteiger partial charge in [0, 0.05) is 0 Å². The molecular weight excluding hydrogens is 316 g/mol. The average molecular weight is 339 g/mol. The molecule has 0 N–H and O–H groups in total. The van der Waals surface area contributed by atoms with Gasteiger partial charge in [0.25, 0.3) is 0 Å². The van der Waals surface area contributed by atoms with Crippen LogP contribution in [0.3, 0.4) is 0 Å². The van der Waals surface area contributed by atoms with Crippen LogP contribution < -0.4 is 0 Å². The van der Waals surface area contributed by atoms with E-state index in [1.54, 1.807) is 0 Å². The van der Waals surface area contributed by atoms with Crippen molar-refractivity contribution in [1.82, 2.24) is 0 Å². The average Bonchev–Trinajstić information content (AvgIpc) is 2.36. The van der Waals surface area contributed by atoms with Gasteiger partial charge in [0.2, 0.25) is 0 Å². The molecule has 2 nitrogen and oxygen atoms in total. The highest BCUT2D eigenvalue weighted by atomic mass is 79.9. The molecule has 0 radical (unpaired) electrons. The van der Waals surface area contributed by atoms with Crippen LogP contribution in [0.2, 0.25) is 0 Å². The molecule has 1 unspecified atom stereocenters. The second kappa shape index (κ2) is 7.63. The van der Waals surface area contributed by atoms with Crippen LogP contribution in [0.4, 0.5) is 0 Å². The molecule has 0 aromatic heterocycles. The van der Waals surface area contributed by atoms with Crippen molar-refractivity contribution in [1.29, 1.82) is 0 Å². The highest BCUT2D eigenvalue weighted by Crippen LogP contribution is 2.20. The number of benzene rings is 1. The fourth-order valence-electron chi connectivity index (χ4n) is 2.09. The third kappa shape index (κ3) is 4.48. The van der Waals surface area contributed by atoms with Gasteiger partial charge in [-0.3, -0.25) is 4.79 Å². The summed E-state index contributed by atoms with van der Waals surface area (Å²) < 4.78 is 5.41. The van der Waals surface area contributed by atoms with Crippen LogP contribution in [0.1, 0.15) is 36.1 Å². The number of aryl methyl sites for hydroxylation is 2. The van der Waals surface area contributed by atoms with Crippen molar-refractivity contribution < 1.29 is 9.53 Å². The molecule has 1 atom stereocenters. The summed E-state index contributed by atoms with van der Waals surface area (Å²) in [4.78, 5) is 11.6. The van der Waals surface area contributed by atoms with Gasteiger partial charge in [0.1, 0.15) is 11.4 Å². The first-order chi connectivity index (χ1) is 9.36. The Labute approximate surface area is 130 Å². The summed E-state index contributed by atoms with van der Waals surface area (Å²) in [6.07, 6.45) is 2.75. The van der Waals surface area contributed by atoms with Gasteiger partial charge in [-0.2, -0.15) is 0 Å². The van der Waals surface area contributed by atoms with E-state index >= 15 is 0 Å². The maximum atomic E-state index is 11.9. The minimum Gasteiger partial charge on any atom is -0.460 e. The monoisotopic (exact) mass is 338 g/mol. The number of hydrogen-bond donors (Lipinski definition) is 0. The normalized spacial score (nSPS) is 12.3. The SMILES string of the molecule is C=CCc1cc(C)c(COC(=O)C(Br)C(C)C)c(C)c1. The Balaban J connectivity index is 2.78. The van der Waals surface area contributed by atoms with Gasteiger partial charge in [-0.15, -0.1) is 6.58 Å². The predicted octanol–water partition coefficient (Wildman–Crippen LogP) is 4.49. The molecule has 0 amide bonds. The van der Waals surface area contributed by atoms with E-state index < -0.39 is 0 Å². The Hall–Kier alpha value is -1.09. The molecule has 0 fully saturated rings. The number of allylic oxidation sites excluding steroid dienone is 1. The molecule has 0 spiro atoms. The molecule has 0 aliphatic rings. The van der Waals surface area contributed by atoms with Gasteiger partial charge >= 0.3 is 5.97 Å². The smallest absolute Gasteiger partial charge is 0.320 e. The lowest BCUT2D eigenvalue weighted by atomic mass is 9.98. The van der Waals surface area contributed by atoms with Crippen molar-refractivity contribution >= 4 is 21.9 Å². The standard InChI is InChI=1S/C17H23BrO2/c1-6-7-14-8-12(4)15(13(5)9-14)10-20-17(19)16(18)11(2)3/h6,8-9,11,16H,1,7,10H2,2-5H3. The second-order valence-electron chi connectivity index (χ2n) is 5.45. The van der Waals surface area contributed by atoms with E-state index in [0.717, 1.165) is 23.1 Å². The minimum absolute atomic E-state index is 0.200. The molecule has 110 valence electrons. The van der Waals surface area contributed by atoms with Gasteiger partial charge < -0.3 is 4.74 Å². The van der Waals surface area contributed by atoms with Crippen molar-refractivity contribution in [2.24, 2.45) is 5.92 Å². The maximum absolute atomic E-state index is 11.9. The predicted molar refractivity (Wildman–Crippen MR) is 87.2 cm³/mol. The van der Waals surface area contributed by atoms with Crippen molar-refractivity contribution in [2.75, 3.05) is 0 Å². The Morgan fingerprint density at radius 1 is 1.35 bits per heavy atom. The van der Waals surface area contributed by atoms with Gasteiger partial charge in [-0.25, -0.2) is 0 Å². The zero-order chi connectivity index (χ0) is 15.3. The first-order valence-electron chi connectivity index (χ1n) is 6.87. The molecule has 1 aromatic rings. The lowest BCUT2D eigenvalue weighted by Crippen LogP contribution is -2.22. The van der Waals surface area contributed by atoms with Crippen LogP contribution in [-0.2, 0) is 22.6 Å². The Kier molecular flexibility index (Phi) is 6.47. The molecule has 1 aromatic carbocycles. The Morgan fingerprint density at radius 3 is 2.35 bits per heavy atom. The molecule has 0 heterocycles. The molecule has 3 heteroatoms.